The van der Waals surface area contributed by atoms with Crippen LogP contribution in [0, 0.1) is 32.8 Å². The van der Waals surface area contributed by atoms with Crippen molar-refractivity contribution in [3.8, 4) is 23.3 Å². The minimum Gasteiger partial charge on any atom is -0.383 e. The average molecular weight is 297 g/mol. The zero-order valence-corrected chi connectivity index (χ0v) is 11.3. The molecule has 0 saturated heterocycles. The summed E-state index contributed by atoms with van der Waals surface area (Å²) in [6.07, 6.45) is 0. The van der Waals surface area contributed by atoms with Crippen LogP contribution in [0.15, 0.2) is 29.3 Å². The molecule has 21 heavy (non-hydrogen) atoms. The molecule has 102 valence electrons. The average Bonchev–Trinajstić information content (AvgIpc) is 2.46. The maximum Gasteiger partial charge on any atom is 0.277 e. The molecule has 0 unspecified atom stereocenters. The fourth-order valence-corrected chi connectivity index (χ4v) is 2.19. The molecule has 1 heterocycles. The summed E-state index contributed by atoms with van der Waals surface area (Å²) >= 11 is 4.05. The third-order valence-corrected chi connectivity index (χ3v) is 3.12. The van der Waals surface area contributed by atoms with Crippen molar-refractivity contribution in [3.63, 3.8) is 0 Å². The van der Waals surface area contributed by atoms with Gasteiger partial charge in [-0.05, 0) is 6.07 Å². The van der Waals surface area contributed by atoms with Gasteiger partial charge in [-0.15, -0.1) is 12.6 Å². The van der Waals surface area contributed by atoms with Gasteiger partial charge in [0, 0.05) is 11.6 Å². The van der Waals surface area contributed by atoms with Gasteiger partial charge in [-0.3, -0.25) is 10.1 Å². The molecule has 0 fully saturated rings. The number of nitro groups is 1. The first-order valence-corrected chi connectivity index (χ1v) is 6.02. The molecule has 0 aliphatic heterocycles. The van der Waals surface area contributed by atoms with E-state index in [4.69, 9.17) is 5.73 Å². The Morgan fingerprint density at radius 3 is 2.43 bits per heavy atom. The molecule has 1 aromatic carbocycles. The summed E-state index contributed by atoms with van der Waals surface area (Å²) in [7, 11) is 0. The lowest BCUT2D eigenvalue weighted by atomic mass is 9.95. The first-order chi connectivity index (χ1) is 10.0. The number of pyridine rings is 1. The van der Waals surface area contributed by atoms with Gasteiger partial charge >= 0.3 is 0 Å². The van der Waals surface area contributed by atoms with Gasteiger partial charge in [0.2, 0.25) is 0 Å². The van der Waals surface area contributed by atoms with E-state index in [1.807, 2.05) is 12.1 Å². The quantitative estimate of drug-likeness (QED) is 0.497. The molecule has 0 aliphatic carbocycles. The number of aromatic nitrogens is 1. The van der Waals surface area contributed by atoms with Crippen LogP contribution < -0.4 is 5.73 Å². The highest BCUT2D eigenvalue weighted by atomic mass is 32.1. The molecule has 0 radical (unpaired) electrons. The van der Waals surface area contributed by atoms with Crippen molar-refractivity contribution in [2.24, 2.45) is 0 Å². The van der Waals surface area contributed by atoms with Gasteiger partial charge in [0.25, 0.3) is 5.69 Å². The van der Waals surface area contributed by atoms with Crippen LogP contribution in [0.2, 0.25) is 0 Å². The van der Waals surface area contributed by atoms with Crippen molar-refractivity contribution in [2.45, 2.75) is 5.03 Å². The van der Waals surface area contributed by atoms with Gasteiger partial charge in [-0.1, -0.05) is 12.1 Å². The van der Waals surface area contributed by atoms with Crippen molar-refractivity contribution in [2.75, 3.05) is 5.73 Å². The molecule has 2 N–H and O–H groups in total. The zero-order chi connectivity index (χ0) is 15.6. The first kappa shape index (κ1) is 14.3. The molecule has 8 heteroatoms. The van der Waals surface area contributed by atoms with E-state index in [0.29, 0.717) is 0 Å². The Morgan fingerprint density at radius 2 is 1.86 bits per heavy atom. The number of nitrogen functional groups attached to an aromatic ring is 1. The third kappa shape index (κ3) is 2.36. The van der Waals surface area contributed by atoms with E-state index in [-0.39, 0.29) is 38.8 Å². The van der Waals surface area contributed by atoms with Gasteiger partial charge in [0.1, 0.15) is 28.5 Å². The Labute approximate surface area is 124 Å². The van der Waals surface area contributed by atoms with E-state index in [0.717, 1.165) is 0 Å². The van der Waals surface area contributed by atoms with Crippen LogP contribution in [0.3, 0.4) is 0 Å². The predicted octanol–water partition coefficient (Wildman–Crippen LogP) is 2.27. The van der Waals surface area contributed by atoms with Crippen molar-refractivity contribution in [1.82, 2.24) is 4.98 Å². The molecule has 2 rings (SSSR count). The second kappa shape index (κ2) is 5.49. The van der Waals surface area contributed by atoms with Crippen LogP contribution in [0.4, 0.5) is 11.5 Å². The number of nitrogens with two attached hydrogens (primary N) is 1. The molecule has 0 atom stereocenters. The predicted molar refractivity (Wildman–Crippen MR) is 77.4 cm³/mol. The van der Waals surface area contributed by atoms with Gasteiger partial charge < -0.3 is 5.73 Å². The molecule has 0 spiro atoms. The zero-order valence-electron chi connectivity index (χ0n) is 10.4. The highest BCUT2D eigenvalue weighted by Gasteiger charge is 2.24. The molecular weight excluding hydrogens is 290 g/mol. The Morgan fingerprint density at radius 1 is 1.24 bits per heavy atom. The maximum absolute atomic E-state index is 11.1. The number of rotatable bonds is 2. The number of para-hydroxylation sites is 1. The molecule has 0 saturated carbocycles. The third-order valence-electron chi connectivity index (χ3n) is 2.80. The van der Waals surface area contributed by atoms with Crippen molar-refractivity contribution in [1.29, 1.82) is 10.5 Å². The Hall–Kier alpha value is -3.10. The van der Waals surface area contributed by atoms with Crippen LogP contribution in [-0.2, 0) is 0 Å². The summed E-state index contributed by atoms with van der Waals surface area (Å²) in [4.78, 5) is 14.4. The van der Waals surface area contributed by atoms with E-state index >= 15 is 0 Å². The lowest BCUT2D eigenvalue weighted by Gasteiger charge is -2.10. The molecule has 0 bridgehead atoms. The minimum atomic E-state index is -0.591. The molecule has 0 amide bonds. The van der Waals surface area contributed by atoms with Crippen molar-refractivity contribution < 1.29 is 4.92 Å². The number of nitriles is 2. The number of nitrogens with zero attached hydrogens (tertiary/aromatic N) is 4. The van der Waals surface area contributed by atoms with Gasteiger partial charge in [-0.2, -0.15) is 10.5 Å². The van der Waals surface area contributed by atoms with Gasteiger partial charge in [0.15, 0.2) is 0 Å². The highest BCUT2D eigenvalue weighted by molar-refractivity contribution is 7.80. The van der Waals surface area contributed by atoms with Crippen molar-refractivity contribution >= 4 is 24.1 Å². The van der Waals surface area contributed by atoms with E-state index < -0.39 is 4.92 Å². The standard InChI is InChI=1S/C13H7N5O2S/c14-5-8-11(9(6-15)13(21)17-12(8)16)7-3-1-2-4-10(7)18(19)20/h1-4H,(H3,16,17,21). The smallest absolute Gasteiger partial charge is 0.277 e. The highest BCUT2D eigenvalue weighted by Crippen LogP contribution is 2.37. The van der Waals surface area contributed by atoms with E-state index in [9.17, 15) is 20.6 Å². The van der Waals surface area contributed by atoms with Gasteiger partial charge in [0.05, 0.1) is 16.1 Å². The second-order valence-electron chi connectivity index (χ2n) is 3.94. The summed E-state index contributed by atoms with van der Waals surface area (Å²) < 4.78 is 0. The number of hydrogen-bond acceptors (Lipinski definition) is 7. The fraction of sp³-hybridized carbons (Fsp3) is 0. The van der Waals surface area contributed by atoms with Crippen LogP contribution >= 0.6 is 12.6 Å². The van der Waals surface area contributed by atoms with Crippen molar-refractivity contribution in [3.05, 3.63) is 45.5 Å². The van der Waals surface area contributed by atoms with Gasteiger partial charge in [-0.25, -0.2) is 4.98 Å². The number of benzene rings is 1. The second-order valence-corrected chi connectivity index (χ2v) is 4.37. The number of anilines is 1. The van der Waals surface area contributed by atoms with Crippen LogP contribution in [-0.4, -0.2) is 9.91 Å². The Kier molecular flexibility index (Phi) is 3.74. The summed E-state index contributed by atoms with van der Waals surface area (Å²) in [6.45, 7) is 0. The molecular formula is C13H7N5O2S. The fourth-order valence-electron chi connectivity index (χ4n) is 1.92. The van der Waals surface area contributed by atoms with E-state index in [2.05, 4.69) is 17.6 Å². The van der Waals surface area contributed by atoms with Crippen LogP contribution in [0.1, 0.15) is 11.1 Å². The van der Waals surface area contributed by atoms with E-state index in [1.54, 1.807) is 6.07 Å². The van der Waals surface area contributed by atoms with Crippen LogP contribution in [0.5, 0.6) is 0 Å². The van der Waals surface area contributed by atoms with Crippen LogP contribution in [0.25, 0.3) is 11.1 Å². The monoisotopic (exact) mass is 297 g/mol. The SMILES string of the molecule is N#Cc1c(N)nc(S)c(C#N)c1-c1ccccc1[N+](=O)[O-]. The first-order valence-electron chi connectivity index (χ1n) is 5.57. The summed E-state index contributed by atoms with van der Waals surface area (Å²) in [6, 6.07) is 9.49. The van der Waals surface area contributed by atoms with E-state index in [1.165, 1.54) is 18.2 Å². The normalized spacial score (nSPS) is 9.67. The number of hydrogen-bond donors (Lipinski definition) is 2. The Bertz CT molecular complexity index is 797. The lowest BCUT2D eigenvalue weighted by Crippen LogP contribution is -2.03. The minimum absolute atomic E-state index is 0.0159. The summed E-state index contributed by atoms with van der Waals surface area (Å²) in [5, 5.41) is 29.6. The molecule has 0 aliphatic rings. The summed E-state index contributed by atoms with van der Waals surface area (Å²) in [5.41, 5.74) is 5.51. The number of thiol groups is 1. The largest absolute Gasteiger partial charge is 0.383 e. The molecule has 1 aromatic heterocycles. The summed E-state index contributed by atoms with van der Waals surface area (Å²) in [5.74, 6) is -0.130. The Balaban J connectivity index is 2.98. The lowest BCUT2D eigenvalue weighted by molar-refractivity contribution is -0.384. The topological polar surface area (TPSA) is 130 Å². The molecule has 2 aromatic rings. The maximum atomic E-state index is 11.1. The number of nitro benzene ring substituents is 1. The molecule has 7 nitrogen and oxygen atoms in total.